The third-order valence-electron chi connectivity index (χ3n) is 2.80. The molecule has 6 heteroatoms. The highest BCUT2D eigenvalue weighted by Crippen LogP contribution is 2.34. The fourth-order valence-electron chi connectivity index (χ4n) is 1.85. The number of carbonyl (C=O) groups excluding carboxylic acids is 1. The Kier molecular flexibility index (Phi) is 3.78. The summed E-state index contributed by atoms with van der Waals surface area (Å²) < 4.78 is 5.84. The third kappa shape index (κ3) is 2.72. The lowest BCUT2D eigenvalue weighted by Gasteiger charge is -2.11. The molecule has 1 aliphatic rings. The van der Waals surface area contributed by atoms with Gasteiger partial charge in [0, 0.05) is 9.75 Å². The molecule has 2 aromatic heterocycles. The summed E-state index contributed by atoms with van der Waals surface area (Å²) in [6.07, 6.45) is 3.50. The Morgan fingerprint density at radius 1 is 1.40 bits per heavy atom. The van der Waals surface area contributed by atoms with Crippen LogP contribution in [0, 0.1) is 6.92 Å². The van der Waals surface area contributed by atoms with E-state index in [1.54, 1.807) is 28.6 Å². The van der Waals surface area contributed by atoms with Crippen LogP contribution < -0.4 is 0 Å². The molecule has 3 nitrogen and oxygen atoms in total. The van der Waals surface area contributed by atoms with E-state index in [0.717, 1.165) is 10.6 Å². The van der Waals surface area contributed by atoms with Gasteiger partial charge in [-0.2, -0.15) is 0 Å². The van der Waals surface area contributed by atoms with Gasteiger partial charge in [-0.3, -0.25) is 9.69 Å². The van der Waals surface area contributed by atoms with Crippen LogP contribution in [-0.2, 0) is 11.3 Å². The van der Waals surface area contributed by atoms with Gasteiger partial charge in [0.05, 0.1) is 17.7 Å². The van der Waals surface area contributed by atoms with Crippen molar-refractivity contribution in [3.8, 4) is 0 Å². The fraction of sp³-hybridized carbons (Fsp3) is 0.143. The van der Waals surface area contributed by atoms with Crippen LogP contribution in [0.3, 0.4) is 0 Å². The second-order valence-electron chi connectivity index (χ2n) is 4.30. The number of thiophene rings is 1. The van der Waals surface area contributed by atoms with Crippen molar-refractivity contribution in [2.75, 3.05) is 0 Å². The van der Waals surface area contributed by atoms with Gasteiger partial charge in [-0.15, -0.1) is 11.3 Å². The van der Waals surface area contributed by atoms with E-state index >= 15 is 0 Å². The summed E-state index contributed by atoms with van der Waals surface area (Å²) in [7, 11) is 0. The highest BCUT2D eigenvalue weighted by molar-refractivity contribution is 8.26. The molecule has 1 amide bonds. The van der Waals surface area contributed by atoms with Crippen molar-refractivity contribution in [3.05, 3.63) is 50.9 Å². The van der Waals surface area contributed by atoms with E-state index in [1.165, 1.54) is 16.6 Å². The molecule has 0 aromatic carbocycles. The Labute approximate surface area is 130 Å². The molecule has 1 aliphatic heterocycles. The van der Waals surface area contributed by atoms with Gasteiger partial charge in [0.25, 0.3) is 5.91 Å². The minimum Gasteiger partial charge on any atom is -0.467 e. The van der Waals surface area contributed by atoms with E-state index in [1.807, 2.05) is 31.2 Å². The summed E-state index contributed by atoms with van der Waals surface area (Å²) in [5, 5.41) is 0. The number of furan rings is 1. The van der Waals surface area contributed by atoms with Crippen molar-refractivity contribution in [2.45, 2.75) is 13.5 Å². The molecule has 0 N–H and O–H groups in total. The van der Waals surface area contributed by atoms with E-state index in [4.69, 9.17) is 16.6 Å². The SMILES string of the molecule is Cc1ccc(C=C2SC(=S)N(Cc3ccco3)C2=O)s1. The first-order chi connectivity index (χ1) is 9.63. The Morgan fingerprint density at radius 3 is 2.90 bits per heavy atom. The van der Waals surface area contributed by atoms with Gasteiger partial charge in [-0.1, -0.05) is 24.0 Å². The molecule has 0 atom stereocenters. The zero-order valence-electron chi connectivity index (χ0n) is 10.7. The molecule has 0 saturated carbocycles. The van der Waals surface area contributed by atoms with Crippen LogP contribution in [0.5, 0.6) is 0 Å². The summed E-state index contributed by atoms with van der Waals surface area (Å²) in [5.41, 5.74) is 0. The molecule has 1 saturated heterocycles. The summed E-state index contributed by atoms with van der Waals surface area (Å²) in [4.78, 5) is 16.9. The Bertz CT molecular complexity index is 685. The number of thiocarbonyl (C=S) groups is 1. The van der Waals surface area contributed by atoms with Gasteiger partial charge in [0.15, 0.2) is 0 Å². The number of carbonyl (C=O) groups is 1. The summed E-state index contributed by atoms with van der Waals surface area (Å²) in [6.45, 7) is 2.43. The maximum Gasteiger partial charge on any atom is 0.266 e. The van der Waals surface area contributed by atoms with Gasteiger partial charge in [0.1, 0.15) is 10.1 Å². The minimum atomic E-state index is -0.0533. The molecule has 0 spiro atoms. The number of thioether (sulfide) groups is 1. The van der Waals surface area contributed by atoms with Gasteiger partial charge in [-0.25, -0.2) is 0 Å². The lowest BCUT2D eigenvalue weighted by atomic mass is 10.3. The molecule has 3 rings (SSSR count). The molecule has 102 valence electrons. The Hall–Kier alpha value is -1.37. The molecular formula is C14H11NO2S3. The van der Waals surface area contributed by atoms with Crippen LogP contribution in [0.4, 0.5) is 0 Å². The Morgan fingerprint density at radius 2 is 2.25 bits per heavy atom. The molecule has 0 unspecified atom stereocenters. The lowest BCUT2D eigenvalue weighted by Crippen LogP contribution is -2.27. The van der Waals surface area contributed by atoms with Crippen molar-refractivity contribution in [2.24, 2.45) is 0 Å². The summed E-state index contributed by atoms with van der Waals surface area (Å²) in [5.74, 6) is 0.678. The second kappa shape index (κ2) is 5.55. The smallest absolute Gasteiger partial charge is 0.266 e. The first-order valence-electron chi connectivity index (χ1n) is 5.97. The minimum absolute atomic E-state index is 0.0533. The zero-order chi connectivity index (χ0) is 14.1. The van der Waals surface area contributed by atoms with Crippen molar-refractivity contribution in [1.82, 2.24) is 4.90 Å². The van der Waals surface area contributed by atoms with Gasteiger partial charge < -0.3 is 4.42 Å². The van der Waals surface area contributed by atoms with Crippen molar-refractivity contribution >= 4 is 51.6 Å². The number of aryl methyl sites for hydroxylation is 1. The van der Waals surface area contributed by atoms with E-state index in [9.17, 15) is 4.79 Å². The molecule has 2 aromatic rings. The predicted octanol–water partition coefficient (Wildman–Crippen LogP) is 4.05. The number of hydrogen-bond acceptors (Lipinski definition) is 5. The highest BCUT2D eigenvalue weighted by Gasteiger charge is 2.32. The van der Waals surface area contributed by atoms with Crippen LogP contribution in [-0.4, -0.2) is 15.1 Å². The topological polar surface area (TPSA) is 33.5 Å². The van der Waals surface area contributed by atoms with Crippen molar-refractivity contribution in [1.29, 1.82) is 0 Å². The fourth-order valence-corrected chi connectivity index (χ4v) is 4.00. The van der Waals surface area contributed by atoms with E-state index < -0.39 is 0 Å². The first-order valence-corrected chi connectivity index (χ1v) is 8.02. The molecule has 0 bridgehead atoms. The number of nitrogens with zero attached hydrogens (tertiary/aromatic N) is 1. The van der Waals surface area contributed by atoms with Crippen LogP contribution in [0.15, 0.2) is 39.9 Å². The lowest BCUT2D eigenvalue weighted by molar-refractivity contribution is -0.122. The number of amides is 1. The first kappa shape index (κ1) is 13.6. The molecular weight excluding hydrogens is 310 g/mol. The molecule has 3 heterocycles. The van der Waals surface area contributed by atoms with Crippen LogP contribution in [0.25, 0.3) is 6.08 Å². The van der Waals surface area contributed by atoms with Crippen LogP contribution >= 0.6 is 35.3 Å². The summed E-state index contributed by atoms with van der Waals surface area (Å²) >= 11 is 8.28. The zero-order valence-corrected chi connectivity index (χ0v) is 13.1. The van der Waals surface area contributed by atoms with Crippen LogP contribution in [0.1, 0.15) is 15.5 Å². The largest absolute Gasteiger partial charge is 0.467 e. The average Bonchev–Trinajstić information content (AvgIpc) is 3.10. The van der Waals surface area contributed by atoms with E-state index in [0.29, 0.717) is 15.8 Å². The van der Waals surface area contributed by atoms with Gasteiger partial charge in [0.2, 0.25) is 0 Å². The standard InChI is InChI=1S/C14H11NO2S3/c1-9-4-5-11(19-9)7-12-13(16)15(14(18)20-12)8-10-3-2-6-17-10/h2-7H,8H2,1H3. The number of rotatable bonds is 3. The molecule has 0 radical (unpaired) electrons. The highest BCUT2D eigenvalue weighted by atomic mass is 32.2. The molecule has 20 heavy (non-hydrogen) atoms. The summed E-state index contributed by atoms with van der Waals surface area (Å²) in [6, 6.07) is 7.70. The van der Waals surface area contributed by atoms with Gasteiger partial charge >= 0.3 is 0 Å². The van der Waals surface area contributed by atoms with E-state index in [-0.39, 0.29) is 5.91 Å². The van der Waals surface area contributed by atoms with Crippen molar-refractivity contribution < 1.29 is 9.21 Å². The number of hydrogen-bond donors (Lipinski definition) is 0. The van der Waals surface area contributed by atoms with E-state index in [2.05, 4.69) is 0 Å². The quantitative estimate of drug-likeness (QED) is 0.631. The third-order valence-corrected chi connectivity index (χ3v) is 5.13. The van der Waals surface area contributed by atoms with Crippen LogP contribution in [0.2, 0.25) is 0 Å². The second-order valence-corrected chi connectivity index (χ2v) is 7.29. The van der Waals surface area contributed by atoms with Crippen molar-refractivity contribution in [3.63, 3.8) is 0 Å². The maximum atomic E-state index is 12.4. The predicted molar refractivity (Wildman–Crippen MR) is 86.5 cm³/mol. The van der Waals surface area contributed by atoms with Gasteiger partial charge in [-0.05, 0) is 37.3 Å². The Balaban J connectivity index is 1.81. The molecule has 1 fully saturated rings. The monoisotopic (exact) mass is 321 g/mol. The average molecular weight is 321 g/mol. The molecule has 0 aliphatic carbocycles. The maximum absolute atomic E-state index is 12.4. The normalized spacial score (nSPS) is 17.4.